The molecule has 5 heteroatoms. The third kappa shape index (κ3) is 1.64. The van der Waals surface area contributed by atoms with Crippen LogP contribution >= 0.6 is 0 Å². The second-order valence-electron chi connectivity index (χ2n) is 2.50. The fraction of sp³-hybridized carbons (Fsp3) is 0.125. The van der Waals surface area contributed by atoms with Gasteiger partial charge in [0.25, 0.3) is 0 Å². The lowest BCUT2D eigenvalue weighted by atomic mass is 10.3. The minimum absolute atomic E-state index is 0.615. The minimum atomic E-state index is 0.615. The Morgan fingerprint density at radius 1 is 1.23 bits per heavy atom. The predicted octanol–water partition coefficient (Wildman–Crippen LogP) is 0.824. The van der Waals surface area contributed by atoms with Crippen LogP contribution in [0, 0.1) is 6.92 Å². The summed E-state index contributed by atoms with van der Waals surface area (Å²) in [7, 11) is 0. The summed E-state index contributed by atoms with van der Waals surface area (Å²) in [6, 6.07) is 9.35. The molecule has 0 N–H and O–H groups in total. The highest BCUT2D eigenvalue weighted by Crippen LogP contribution is 2.08. The van der Waals surface area contributed by atoms with Gasteiger partial charge in [-0.05, 0) is 22.6 Å². The maximum absolute atomic E-state index is 5.33. The van der Waals surface area contributed by atoms with E-state index in [1.165, 1.54) is 4.85 Å². The van der Waals surface area contributed by atoms with E-state index in [0.717, 1.165) is 0 Å². The molecule has 0 radical (unpaired) electrons. The summed E-state index contributed by atoms with van der Waals surface area (Å²) >= 11 is 0. The molecule has 2 aromatic rings. The van der Waals surface area contributed by atoms with Crippen LogP contribution in [0.25, 0.3) is 0 Å². The molecule has 0 bridgehead atoms. The van der Waals surface area contributed by atoms with Crippen LogP contribution < -0.4 is 4.84 Å². The van der Waals surface area contributed by atoms with Crippen molar-refractivity contribution in [3.63, 3.8) is 0 Å². The number of benzene rings is 1. The largest absolute Gasteiger partial charge is 0.355 e. The molecule has 13 heavy (non-hydrogen) atoms. The van der Waals surface area contributed by atoms with Crippen LogP contribution in [0.1, 0.15) is 5.82 Å². The van der Waals surface area contributed by atoms with E-state index in [9.17, 15) is 0 Å². The van der Waals surface area contributed by atoms with Crippen molar-refractivity contribution in [3.8, 4) is 5.75 Å². The van der Waals surface area contributed by atoms with E-state index in [1.54, 1.807) is 6.92 Å². The lowest BCUT2D eigenvalue weighted by Crippen LogP contribution is -2.09. The van der Waals surface area contributed by atoms with Crippen LogP contribution in [-0.4, -0.2) is 20.4 Å². The molecule has 5 nitrogen and oxygen atoms in total. The van der Waals surface area contributed by atoms with Crippen molar-refractivity contribution >= 4 is 0 Å². The van der Waals surface area contributed by atoms with Gasteiger partial charge in [-0.15, -0.1) is 5.10 Å². The maximum atomic E-state index is 5.33. The zero-order valence-corrected chi connectivity index (χ0v) is 7.08. The van der Waals surface area contributed by atoms with Gasteiger partial charge in [-0.2, -0.15) is 0 Å². The van der Waals surface area contributed by atoms with Gasteiger partial charge in [0.1, 0.15) is 0 Å². The van der Waals surface area contributed by atoms with Gasteiger partial charge in [0, 0.05) is 6.92 Å². The second-order valence-corrected chi connectivity index (χ2v) is 2.50. The summed E-state index contributed by atoms with van der Waals surface area (Å²) in [6.45, 7) is 1.77. The van der Waals surface area contributed by atoms with Gasteiger partial charge < -0.3 is 4.84 Å². The summed E-state index contributed by atoms with van der Waals surface area (Å²) < 4.78 is 0. The van der Waals surface area contributed by atoms with Crippen molar-refractivity contribution in [2.45, 2.75) is 6.92 Å². The topological polar surface area (TPSA) is 52.8 Å². The van der Waals surface area contributed by atoms with Crippen molar-refractivity contribution in [3.05, 3.63) is 36.2 Å². The lowest BCUT2D eigenvalue weighted by Gasteiger charge is -2.02. The van der Waals surface area contributed by atoms with Gasteiger partial charge in [0.05, 0.1) is 0 Å². The molecule has 0 spiro atoms. The SMILES string of the molecule is Cc1nnnn1Oc1ccccc1. The average molecular weight is 176 g/mol. The third-order valence-corrected chi connectivity index (χ3v) is 1.52. The molecular weight excluding hydrogens is 168 g/mol. The zero-order chi connectivity index (χ0) is 9.10. The van der Waals surface area contributed by atoms with Crippen molar-refractivity contribution in [2.24, 2.45) is 0 Å². The van der Waals surface area contributed by atoms with Crippen molar-refractivity contribution in [1.29, 1.82) is 0 Å². The van der Waals surface area contributed by atoms with Crippen LogP contribution in [0.2, 0.25) is 0 Å². The van der Waals surface area contributed by atoms with E-state index in [4.69, 9.17) is 4.84 Å². The van der Waals surface area contributed by atoms with E-state index in [2.05, 4.69) is 15.5 Å². The van der Waals surface area contributed by atoms with E-state index in [-0.39, 0.29) is 0 Å². The first-order chi connectivity index (χ1) is 6.36. The Balaban J connectivity index is 2.20. The molecule has 66 valence electrons. The van der Waals surface area contributed by atoms with Crippen molar-refractivity contribution in [2.75, 3.05) is 0 Å². The molecule has 0 unspecified atom stereocenters. The van der Waals surface area contributed by atoms with Crippen molar-refractivity contribution in [1.82, 2.24) is 20.4 Å². The number of nitrogens with zero attached hydrogens (tertiary/aromatic N) is 4. The smallest absolute Gasteiger partial charge is 0.189 e. The maximum Gasteiger partial charge on any atom is 0.189 e. The number of hydrogen-bond acceptors (Lipinski definition) is 4. The summed E-state index contributed by atoms with van der Waals surface area (Å²) in [5, 5.41) is 10.8. The summed E-state index contributed by atoms with van der Waals surface area (Å²) in [6.07, 6.45) is 0. The van der Waals surface area contributed by atoms with Crippen LogP contribution in [0.15, 0.2) is 30.3 Å². The molecule has 1 heterocycles. The first kappa shape index (κ1) is 7.72. The van der Waals surface area contributed by atoms with Crippen LogP contribution in [0.5, 0.6) is 5.75 Å². The molecular formula is C8H8N4O. The Hall–Kier alpha value is -1.91. The van der Waals surface area contributed by atoms with Crippen LogP contribution in [-0.2, 0) is 0 Å². The first-order valence-corrected chi connectivity index (χ1v) is 3.84. The molecule has 0 saturated heterocycles. The summed E-state index contributed by atoms with van der Waals surface area (Å²) in [5.41, 5.74) is 0. The van der Waals surface area contributed by atoms with Gasteiger partial charge >= 0.3 is 0 Å². The predicted molar refractivity (Wildman–Crippen MR) is 45.0 cm³/mol. The second kappa shape index (κ2) is 3.22. The van der Waals surface area contributed by atoms with E-state index < -0.39 is 0 Å². The molecule has 0 aliphatic carbocycles. The molecule has 0 amide bonds. The Bertz CT molecular complexity index is 384. The molecule has 0 saturated carbocycles. The molecule has 0 fully saturated rings. The average Bonchev–Trinajstić information content (AvgIpc) is 2.54. The highest BCUT2D eigenvalue weighted by molar-refractivity contribution is 5.20. The molecule has 1 aromatic heterocycles. The summed E-state index contributed by atoms with van der Waals surface area (Å²) in [4.78, 5) is 6.60. The Labute approximate surface area is 74.9 Å². The molecule has 0 atom stereocenters. The lowest BCUT2D eigenvalue weighted by molar-refractivity contribution is 0.166. The summed E-state index contributed by atoms with van der Waals surface area (Å²) in [5.74, 6) is 1.32. The number of rotatable bonds is 2. The number of aromatic nitrogens is 4. The molecule has 2 rings (SSSR count). The fourth-order valence-corrected chi connectivity index (χ4v) is 0.890. The zero-order valence-electron chi connectivity index (χ0n) is 7.08. The van der Waals surface area contributed by atoms with Crippen LogP contribution in [0.4, 0.5) is 0 Å². The van der Waals surface area contributed by atoms with Gasteiger partial charge in [-0.25, -0.2) is 0 Å². The molecule has 0 aliphatic heterocycles. The van der Waals surface area contributed by atoms with E-state index in [1.807, 2.05) is 30.3 Å². The van der Waals surface area contributed by atoms with Crippen LogP contribution in [0.3, 0.4) is 0 Å². The first-order valence-electron chi connectivity index (χ1n) is 3.84. The number of aryl methyl sites for hydroxylation is 1. The highest BCUT2D eigenvalue weighted by Gasteiger charge is 2.00. The van der Waals surface area contributed by atoms with Gasteiger partial charge in [0.15, 0.2) is 11.6 Å². The normalized spacial score (nSPS) is 9.92. The number of hydrogen-bond donors (Lipinski definition) is 0. The molecule has 0 aliphatic rings. The third-order valence-electron chi connectivity index (χ3n) is 1.52. The monoisotopic (exact) mass is 176 g/mol. The number of para-hydroxylation sites is 1. The Morgan fingerprint density at radius 2 is 2.00 bits per heavy atom. The Kier molecular flexibility index (Phi) is 1.91. The standard InChI is InChI=1S/C8H8N4O/c1-7-9-10-11-12(7)13-8-5-3-2-4-6-8/h2-6H,1H3. The quantitative estimate of drug-likeness (QED) is 0.679. The van der Waals surface area contributed by atoms with E-state index in [0.29, 0.717) is 11.6 Å². The fourth-order valence-electron chi connectivity index (χ4n) is 0.890. The van der Waals surface area contributed by atoms with E-state index >= 15 is 0 Å². The molecule has 1 aromatic carbocycles. The van der Waals surface area contributed by atoms with Gasteiger partial charge in [-0.1, -0.05) is 23.0 Å². The number of tetrazole rings is 1. The highest BCUT2D eigenvalue weighted by atomic mass is 16.7. The minimum Gasteiger partial charge on any atom is -0.355 e. The van der Waals surface area contributed by atoms with Gasteiger partial charge in [0.2, 0.25) is 0 Å². The Morgan fingerprint density at radius 3 is 2.62 bits per heavy atom. The van der Waals surface area contributed by atoms with Crippen molar-refractivity contribution < 1.29 is 4.84 Å². The van der Waals surface area contributed by atoms with Gasteiger partial charge in [-0.3, -0.25) is 0 Å².